The van der Waals surface area contributed by atoms with E-state index < -0.39 is 36.1 Å². The van der Waals surface area contributed by atoms with Crippen molar-refractivity contribution >= 4 is 35.1 Å². The second-order valence-electron chi connectivity index (χ2n) is 9.95. The third kappa shape index (κ3) is 4.50. The maximum Gasteiger partial charge on any atom is 0.338 e. The third-order valence-electron chi connectivity index (χ3n) is 7.25. The summed E-state index contributed by atoms with van der Waals surface area (Å²) in [5, 5.41) is 2.72. The lowest BCUT2D eigenvalue weighted by Crippen LogP contribution is -2.40. The summed E-state index contributed by atoms with van der Waals surface area (Å²) in [6.07, 6.45) is 4.93. The highest BCUT2D eigenvalue weighted by Crippen LogP contribution is 2.46. The second-order valence-corrected chi connectivity index (χ2v) is 9.95. The fourth-order valence-corrected chi connectivity index (χ4v) is 5.31. The number of hydrogen-bond acceptors (Lipinski definition) is 7. The van der Waals surface area contributed by atoms with Gasteiger partial charge < -0.3 is 19.5 Å². The molecule has 1 spiro atoms. The van der Waals surface area contributed by atoms with E-state index in [0.29, 0.717) is 39.6 Å². The van der Waals surface area contributed by atoms with Crippen LogP contribution in [0.5, 0.6) is 11.5 Å². The molecule has 1 fully saturated rings. The van der Waals surface area contributed by atoms with Gasteiger partial charge in [-0.2, -0.15) is 0 Å². The number of hydrogen-bond donors (Lipinski definition) is 1. The van der Waals surface area contributed by atoms with E-state index in [4.69, 9.17) is 14.2 Å². The minimum atomic E-state index is -0.693. The van der Waals surface area contributed by atoms with Gasteiger partial charge in [0, 0.05) is 24.6 Å². The molecule has 6 rings (SSSR count). The molecule has 3 aliphatic rings. The SMILES string of the molecule is Cc1cc(N2C(=O)c3ccccc3C2=O)ccc1C(=O)OCC(=O)Nc1ccc2c(c1)OC1(CCCCC1)O2. The molecule has 0 aromatic heterocycles. The van der Waals surface area contributed by atoms with Gasteiger partial charge in [0.1, 0.15) is 0 Å². The normalized spacial score (nSPS) is 16.8. The van der Waals surface area contributed by atoms with Crippen LogP contribution in [0.3, 0.4) is 0 Å². The Kier molecular flexibility index (Phi) is 6.06. The molecule has 1 N–H and O–H groups in total. The number of anilines is 2. The van der Waals surface area contributed by atoms with Crippen LogP contribution in [0.1, 0.15) is 68.7 Å². The summed E-state index contributed by atoms with van der Waals surface area (Å²) >= 11 is 0. The average Bonchev–Trinajstić information content (AvgIpc) is 3.40. The number of imide groups is 1. The molecule has 3 aromatic carbocycles. The van der Waals surface area contributed by atoms with Crippen LogP contribution in [0.4, 0.5) is 11.4 Å². The predicted octanol–water partition coefficient (Wildman–Crippen LogP) is 5.02. The van der Waals surface area contributed by atoms with Gasteiger partial charge in [-0.25, -0.2) is 9.69 Å². The van der Waals surface area contributed by atoms with Crippen molar-refractivity contribution in [1.82, 2.24) is 0 Å². The Balaban J connectivity index is 1.07. The number of nitrogens with one attached hydrogen (secondary N) is 1. The Bertz CT molecular complexity index is 1490. The number of carbonyl (C=O) groups excluding carboxylic acids is 4. The lowest BCUT2D eigenvalue weighted by Gasteiger charge is -2.31. The van der Waals surface area contributed by atoms with Crippen LogP contribution in [-0.4, -0.2) is 36.1 Å². The van der Waals surface area contributed by atoms with Crippen LogP contribution in [0, 0.1) is 6.92 Å². The lowest BCUT2D eigenvalue weighted by molar-refractivity contribution is -0.119. The standard InChI is InChI=1S/C30H26N2O7/c1-18-15-20(32-27(34)22-7-3-4-8-23(22)28(32)35)10-11-21(18)29(36)37-17-26(33)31-19-9-12-24-25(16-19)39-30(38-24)13-5-2-6-14-30/h3-4,7-12,15-16H,2,5-6,13-14,17H2,1H3,(H,31,33). The lowest BCUT2D eigenvalue weighted by atomic mass is 9.94. The minimum Gasteiger partial charge on any atom is -0.452 e. The molecule has 0 saturated heterocycles. The van der Waals surface area contributed by atoms with E-state index in [0.717, 1.165) is 30.6 Å². The molecule has 0 radical (unpaired) electrons. The molecule has 9 nitrogen and oxygen atoms in total. The quantitative estimate of drug-likeness (QED) is 0.367. The van der Waals surface area contributed by atoms with Crippen LogP contribution in [0.15, 0.2) is 60.7 Å². The molecule has 9 heteroatoms. The van der Waals surface area contributed by atoms with Crippen molar-refractivity contribution in [3.63, 3.8) is 0 Å². The van der Waals surface area contributed by atoms with Gasteiger partial charge in [0.25, 0.3) is 23.5 Å². The first-order chi connectivity index (χ1) is 18.8. The predicted molar refractivity (Wildman–Crippen MR) is 141 cm³/mol. The van der Waals surface area contributed by atoms with E-state index >= 15 is 0 Å². The summed E-state index contributed by atoms with van der Waals surface area (Å²) in [5.41, 5.74) is 2.26. The van der Waals surface area contributed by atoms with Gasteiger partial charge in [-0.15, -0.1) is 0 Å². The topological polar surface area (TPSA) is 111 Å². The van der Waals surface area contributed by atoms with Crippen LogP contribution >= 0.6 is 0 Å². The zero-order valence-corrected chi connectivity index (χ0v) is 21.3. The number of ether oxygens (including phenoxy) is 3. The number of carbonyl (C=O) groups is 4. The van der Waals surface area contributed by atoms with E-state index in [1.54, 1.807) is 55.5 Å². The fourth-order valence-electron chi connectivity index (χ4n) is 5.31. The number of fused-ring (bicyclic) bond motifs is 2. The molecular weight excluding hydrogens is 500 g/mol. The molecular formula is C30H26N2O7. The van der Waals surface area contributed by atoms with Crippen molar-refractivity contribution in [3.8, 4) is 11.5 Å². The summed E-state index contributed by atoms with van der Waals surface area (Å²) < 4.78 is 17.4. The van der Waals surface area contributed by atoms with Gasteiger partial charge in [-0.05, 0) is 67.8 Å². The first kappa shape index (κ1) is 24.7. The number of aryl methyl sites for hydroxylation is 1. The van der Waals surface area contributed by atoms with E-state index in [9.17, 15) is 19.2 Å². The van der Waals surface area contributed by atoms with Gasteiger partial charge in [0.2, 0.25) is 0 Å². The number of benzene rings is 3. The third-order valence-corrected chi connectivity index (χ3v) is 7.25. The summed E-state index contributed by atoms with van der Waals surface area (Å²) in [5.74, 6) is -1.40. The summed E-state index contributed by atoms with van der Waals surface area (Å²) in [6.45, 7) is 1.18. The first-order valence-electron chi connectivity index (χ1n) is 12.9. The highest BCUT2D eigenvalue weighted by atomic mass is 16.7. The molecule has 3 aromatic rings. The number of nitrogens with zero attached hydrogens (tertiary/aromatic N) is 1. The number of amides is 3. The van der Waals surface area contributed by atoms with Crippen LogP contribution in [-0.2, 0) is 9.53 Å². The van der Waals surface area contributed by atoms with Crippen molar-refractivity contribution in [3.05, 3.63) is 82.9 Å². The largest absolute Gasteiger partial charge is 0.452 e. The van der Waals surface area contributed by atoms with Crippen molar-refractivity contribution in [2.75, 3.05) is 16.8 Å². The summed E-state index contributed by atoms with van der Waals surface area (Å²) in [4.78, 5) is 51.8. The minimum absolute atomic E-state index is 0.226. The van der Waals surface area contributed by atoms with E-state index in [2.05, 4.69) is 5.32 Å². The number of esters is 1. The van der Waals surface area contributed by atoms with Crippen molar-refractivity contribution in [2.45, 2.75) is 44.8 Å². The van der Waals surface area contributed by atoms with Crippen molar-refractivity contribution < 1.29 is 33.4 Å². The molecule has 1 aliphatic carbocycles. The second kappa shape index (κ2) is 9.58. The Morgan fingerprint density at radius 3 is 2.28 bits per heavy atom. The van der Waals surface area contributed by atoms with Crippen LogP contribution in [0.2, 0.25) is 0 Å². The summed E-state index contributed by atoms with van der Waals surface area (Å²) in [6, 6.07) is 16.4. The number of rotatable bonds is 5. The molecule has 198 valence electrons. The highest BCUT2D eigenvalue weighted by molar-refractivity contribution is 6.34. The molecule has 3 amide bonds. The molecule has 0 bridgehead atoms. The maximum absolute atomic E-state index is 12.8. The van der Waals surface area contributed by atoms with Gasteiger partial charge >= 0.3 is 5.97 Å². The Morgan fingerprint density at radius 2 is 1.59 bits per heavy atom. The van der Waals surface area contributed by atoms with Crippen LogP contribution < -0.4 is 19.7 Å². The molecule has 1 saturated carbocycles. The fraction of sp³-hybridized carbons (Fsp3) is 0.267. The Morgan fingerprint density at radius 1 is 0.897 bits per heavy atom. The smallest absolute Gasteiger partial charge is 0.338 e. The first-order valence-corrected chi connectivity index (χ1v) is 12.9. The van der Waals surface area contributed by atoms with E-state index in [-0.39, 0.29) is 5.56 Å². The molecule has 2 aliphatic heterocycles. The van der Waals surface area contributed by atoms with Gasteiger partial charge in [-0.3, -0.25) is 14.4 Å². The van der Waals surface area contributed by atoms with Gasteiger partial charge in [-0.1, -0.05) is 18.6 Å². The highest BCUT2D eigenvalue weighted by Gasteiger charge is 2.42. The van der Waals surface area contributed by atoms with Gasteiger partial charge in [0.15, 0.2) is 18.1 Å². The molecule has 39 heavy (non-hydrogen) atoms. The van der Waals surface area contributed by atoms with Crippen LogP contribution in [0.25, 0.3) is 0 Å². The maximum atomic E-state index is 12.8. The zero-order valence-electron chi connectivity index (χ0n) is 21.3. The average molecular weight is 527 g/mol. The van der Waals surface area contributed by atoms with Gasteiger partial charge in [0.05, 0.1) is 22.4 Å². The van der Waals surface area contributed by atoms with E-state index in [1.165, 1.54) is 18.6 Å². The molecule has 2 heterocycles. The molecule has 0 unspecified atom stereocenters. The molecule has 0 atom stereocenters. The monoisotopic (exact) mass is 526 g/mol. The van der Waals surface area contributed by atoms with Crippen molar-refractivity contribution in [2.24, 2.45) is 0 Å². The Labute approximate surface area is 224 Å². The Hall–Kier alpha value is -4.66. The zero-order chi connectivity index (χ0) is 27.1. The van der Waals surface area contributed by atoms with Crippen molar-refractivity contribution in [1.29, 1.82) is 0 Å². The van der Waals surface area contributed by atoms with E-state index in [1.807, 2.05) is 0 Å². The summed E-state index contributed by atoms with van der Waals surface area (Å²) in [7, 11) is 0.